The van der Waals surface area contributed by atoms with E-state index in [0.717, 1.165) is 17.3 Å². The fourth-order valence-corrected chi connectivity index (χ4v) is 1.35. The van der Waals surface area contributed by atoms with E-state index in [4.69, 9.17) is 5.11 Å². The lowest BCUT2D eigenvalue weighted by molar-refractivity contribution is -0.870. The van der Waals surface area contributed by atoms with Gasteiger partial charge in [0.25, 0.3) is 0 Å². The van der Waals surface area contributed by atoms with Crippen molar-refractivity contribution in [3.05, 3.63) is 35.4 Å². The predicted molar refractivity (Wildman–Crippen MR) is 80.2 cm³/mol. The van der Waals surface area contributed by atoms with E-state index in [-0.39, 0.29) is 10.4 Å². The van der Waals surface area contributed by atoms with Gasteiger partial charge in [0.1, 0.15) is 12.8 Å². The summed E-state index contributed by atoms with van der Waals surface area (Å²) in [5.74, 6) is 0. The highest BCUT2D eigenvalue weighted by atomic mass is 127. The van der Waals surface area contributed by atoms with Gasteiger partial charge in [0, 0.05) is 33.7 Å². The molecule has 0 amide bonds. The fraction of sp³-hybridized carbons (Fsp3) is 0.385. The van der Waals surface area contributed by atoms with E-state index in [2.05, 4.69) is 21.1 Å². The molecule has 0 aromatic heterocycles. The van der Waals surface area contributed by atoms with E-state index in [9.17, 15) is 9.59 Å². The normalized spacial score (nSPS) is 10.3. The molecular weight excluding hydrogens is 345 g/mol. The first-order valence-electron chi connectivity index (χ1n) is 5.46. The van der Waals surface area contributed by atoms with Crippen LogP contribution < -0.4 is 0 Å². The van der Waals surface area contributed by atoms with E-state index in [1.807, 2.05) is 0 Å². The zero-order chi connectivity index (χ0) is 14.2. The molecule has 18 heavy (non-hydrogen) atoms. The number of hydrogen-bond acceptors (Lipinski definition) is 3. The summed E-state index contributed by atoms with van der Waals surface area (Å²) in [7, 11) is 6.16. The number of aliphatic hydroxyl groups excluding tert-OH is 1. The van der Waals surface area contributed by atoms with E-state index >= 15 is 0 Å². The van der Waals surface area contributed by atoms with Crippen LogP contribution >= 0.6 is 22.6 Å². The van der Waals surface area contributed by atoms with Crippen LogP contribution in [-0.4, -0.2) is 54.0 Å². The van der Waals surface area contributed by atoms with E-state index in [0.29, 0.717) is 11.1 Å². The maximum atomic E-state index is 10.7. The zero-order valence-corrected chi connectivity index (χ0v) is 13.0. The number of rotatable bonds is 4. The number of quaternary nitrogens is 1. The van der Waals surface area contributed by atoms with Gasteiger partial charge >= 0.3 is 0 Å². The van der Waals surface area contributed by atoms with Gasteiger partial charge in [0.05, 0.1) is 27.7 Å². The molecule has 0 radical (unpaired) electrons. The van der Waals surface area contributed by atoms with Crippen LogP contribution in [0, 0.1) is 0 Å². The number of halogens is 1. The third-order valence-corrected chi connectivity index (χ3v) is 2.67. The van der Waals surface area contributed by atoms with Crippen LogP contribution in [0.4, 0.5) is 0 Å². The molecule has 0 atom stereocenters. The second kappa shape index (κ2) is 8.34. The van der Waals surface area contributed by atoms with Crippen molar-refractivity contribution >= 4 is 32.7 Å². The lowest BCUT2D eigenvalue weighted by atomic mass is 10.2. The summed E-state index contributed by atoms with van der Waals surface area (Å²) in [6, 6.07) is 6.52. The summed E-state index contributed by atoms with van der Waals surface area (Å²) in [5.41, 5.74) is 1.21. The molecule has 0 spiro atoms. The average Bonchev–Trinajstić information content (AvgIpc) is 2.28. The van der Waals surface area contributed by atoms with Crippen molar-refractivity contribution in [2.24, 2.45) is 0 Å². The van der Waals surface area contributed by atoms with Crippen molar-refractivity contribution in [2.75, 3.05) is 34.3 Å². The number of hydrogen-bond donors (Lipinski definition) is 1. The molecule has 0 fully saturated rings. The fourth-order valence-electron chi connectivity index (χ4n) is 0.993. The van der Waals surface area contributed by atoms with Gasteiger partial charge in [-0.3, -0.25) is 9.59 Å². The van der Waals surface area contributed by atoms with Gasteiger partial charge in [0.2, 0.25) is 3.79 Å². The Labute approximate surface area is 121 Å². The van der Waals surface area contributed by atoms with Crippen LogP contribution in [0.1, 0.15) is 20.7 Å². The van der Waals surface area contributed by atoms with Gasteiger partial charge < -0.3 is 9.59 Å². The number of carbonyl (C=O) groups excluding carboxylic acids is 2. The van der Waals surface area contributed by atoms with Gasteiger partial charge in [-0.1, -0.05) is 12.1 Å². The number of benzene rings is 1. The Balaban J connectivity index is 0.000000360. The third kappa shape index (κ3) is 8.32. The molecule has 1 aromatic carbocycles. The molecule has 0 unspecified atom stereocenters. The summed E-state index contributed by atoms with van der Waals surface area (Å²) < 4.78 is 0.830. The first-order valence-corrected chi connectivity index (χ1v) is 6.54. The maximum absolute atomic E-state index is 10.7. The number of nitrogens with zero attached hydrogens (tertiary/aromatic N) is 1. The zero-order valence-electron chi connectivity index (χ0n) is 10.9. The minimum atomic E-state index is -0.0138. The molecule has 0 aliphatic carbocycles. The van der Waals surface area contributed by atoms with Gasteiger partial charge in [0.15, 0.2) is 0 Å². The molecule has 1 aromatic rings. The van der Waals surface area contributed by atoms with Crippen molar-refractivity contribution < 1.29 is 19.2 Å². The molecule has 5 heteroatoms. The number of aliphatic hydroxyl groups is 1. The molecule has 0 bridgehead atoms. The van der Waals surface area contributed by atoms with Crippen molar-refractivity contribution in [1.29, 1.82) is 0 Å². The number of likely N-dealkylation sites (N-methyl/N-ethyl adjacent to an activating group) is 1. The van der Waals surface area contributed by atoms with E-state index in [1.54, 1.807) is 46.9 Å². The van der Waals surface area contributed by atoms with Crippen molar-refractivity contribution in [3.8, 4) is 0 Å². The Bertz CT molecular complexity index is 382. The monoisotopic (exact) mass is 364 g/mol. The van der Waals surface area contributed by atoms with Crippen molar-refractivity contribution in [1.82, 2.24) is 0 Å². The van der Waals surface area contributed by atoms with E-state index < -0.39 is 0 Å². The number of carbonyl (C=O) groups is 2. The highest BCUT2D eigenvalue weighted by molar-refractivity contribution is 14.1. The Morgan fingerprint density at radius 2 is 1.78 bits per heavy atom. The van der Waals surface area contributed by atoms with Gasteiger partial charge in [-0.2, -0.15) is 0 Å². The lowest BCUT2D eigenvalue weighted by Gasteiger charge is -2.21. The van der Waals surface area contributed by atoms with E-state index in [1.165, 1.54) is 0 Å². The predicted octanol–water partition coefficient (Wildman–Crippen LogP) is 1.76. The summed E-state index contributed by atoms with van der Waals surface area (Å²) in [4.78, 5) is 20.9. The smallest absolute Gasteiger partial charge is 0.222 e. The molecule has 4 nitrogen and oxygen atoms in total. The highest BCUT2D eigenvalue weighted by Crippen LogP contribution is 2.06. The standard InChI is InChI=1S/C8H5IO2.C5H14NO/c9-8(11)7-3-1-6(5-10)2-4-7;1-6(2,3)4-5-7/h1-5H;7H,4-5H2,1-3H3/q;+1. The second-order valence-corrected chi connectivity index (χ2v) is 5.73. The Morgan fingerprint density at radius 1 is 1.28 bits per heavy atom. The second-order valence-electron chi connectivity index (χ2n) is 4.75. The van der Waals surface area contributed by atoms with Crippen LogP contribution in [0.2, 0.25) is 0 Å². The minimum absolute atomic E-state index is 0.0138. The Morgan fingerprint density at radius 3 is 2.00 bits per heavy atom. The van der Waals surface area contributed by atoms with Gasteiger partial charge in [-0.15, -0.1) is 0 Å². The Hall–Kier alpha value is -0.790. The molecular formula is C13H19INO3+. The molecule has 0 heterocycles. The molecule has 1 rings (SSSR count). The van der Waals surface area contributed by atoms with Crippen molar-refractivity contribution in [2.45, 2.75) is 0 Å². The molecule has 0 aliphatic heterocycles. The molecule has 0 saturated carbocycles. The summed E-state index contributed by atoms with van der Waals surface area (Å²) in [6.07, 6.45) is 0.751. The maximum Gasteiger partial charge on any atom is 0.222 e. The number of aldehydes is 1. The summed E-state index contributed by atoms with van der Waals surface area (Å²) in [6.45, 7) is 1.11. The summed E-state index contributed by atoms with van der Waals surface area (Å²) in [5, 5.41) is 8.39. The van der Waals surface area contributed by atoms with Crippen LogP contribution in [0.5, 0.6) is 0 Å². The quantitative estimate of drug-likeness (QED) is 0.383. The molecule has 0 aliphatic rings. The highest BCUT2D eigenvalue weighted by Gasteiger charge is 2.02. The van der Waals surface area contributed by atoms with Gasteiger partial charge in [-0.25, -0.2) is 0 Å². The Kier molecular flexibility index (Phi) is 7.97. The van der Waals surface area contributed by atoms with Crippen LogP contribution in [0.3, 0.4) is 0 Å². The SMILES string of the molecule is C[N+](C)(C)CCO.O=Cc1ccc(C(=O)I)cc1. The van der Waals surface area contributed by atoms with Crippen LogP contribution in [-0.2, 0) is 0 Å². The largest absolute Gasteiger partial charge is 0.391 e. The van der Waals surface area contributed by atoms with Crippen LogP contribution in [0.15, 0.2) is 24.3 Å². The van der Waals surface area contributed by atoms with Gasteiger partial charge in [-0.05, 0) is 12.1 Å². The summed E-state index contributed by atoms with van der Waals surface area (Å²) >= 11 is 1.70. The van der Waals surface area contributed by atoms with Crippen molar-refractivity contribution in [3.63, 3.8) is 0 Å². The lowest BCUT2D eigenvalue weighted by Crippen LogP contribution is -2.36. The topological polar surface area (TPSA) is 54.4 Å². The van der Waals surface area contributed by atoms with Crippen LogP contribution in [0.25, 0.3) is 0 Å². The molecule has 1 N–H and O–H groups in total. The minimum Gasteiger partial charge on any atom is -0.391 e. The average molecular weight is 364 g/mol. The third-order valence-electron chi connectivity index (χ3n) is 2.04. The molecule has 0 saturated heterocycles. The first-order chi connectivity index (χ1) is 8.30. The first kappa shape index (κ1) is 17.2. The molecule has 100 valence electrons.